The highest BCUT2D eigenvalue weighted by Crippen LogP contribution is 2.37. The van der Waals surface area contributed by atoms with E-state index in [-0.39, 0.29) is 11.2 Å². The van der Waals surface area contributed by atoms with Crippen molar-refractivity contribution < 1.29 is 23.2 Å². The zero-order valence-corrected chi connectivity index (χ0v) is 9.61. The zero-order valence-electron chi connectivity index (χ0n) is 9.61. The van der Waals surface area contributed by atoms with Crippen LogP contribution in [0.1, 0.15) is 18.4 Å². The van der Waals surface area contributed by atoms with E-state index in [0.29, 0.717) is 13.1 Å². The Kier molecular flexibility index (Phi) is 3.54. The van der Waals surface area contributed by atoms with Gasteiger partial charge >= 0.3 is 13.3 Å². The molecule has 0 aromatic heterocycles. The predicted octanol–water partition coefficient (Wildman–Crippen LogP) is 0.985. The fraction of sp³-hybridized carbons (Fsp3) is 0.455. The van der Waals surface area contributed by atoms with Gasteiger partial charge in [0.25, 0.3) is 0 Å². The van der Waals surface area contributed by atoms with Crippen LogP contribution in [0.3, 0.4) is 0 Å². The first-order chi connectivity index (χ1) is 8.39. The summed E-state index contributed by atoms with van der Waals surface area (Å²) < 4.78 is 38.9. The first-order valence-electron chi connectivity index (χ1n) is 5.72. The van der Waals surface area contributed by atoms with Gasteiger partial charge in [-0.1, -0.05) is 6.07 Å². The standard InChI is InChI=1S/C11H13BF3NO2/c13-11(14,15)9-7-8(12(17)18)3-4-10(9)16-5-1-2-6-16/h3-4,7,17-18H,1-2,5-6H2. The molecule has 1 aliphatic rings. The van der Waals surface area contributed by atoms with E-state index in [4.69, 9.17) is 10.0 Å². The Hall–Kier alpha value is -1.21. The van der Waals surface area contributed by atoms with Crippen molar-refractivity contribution in [3.05, 3.63) is 23.8 Å². The Labute approximate surface area is 103 Å². The molecular formula is C11H13BF3NO2. The van der Waals surface area contributed by atoms with Gasteiger partial charge in [0, 0.05) is 18.8 Å². The van der Waals surface area contributed by atoms with Gasteiger partial charge in [-0.3, -0.25) is 0 Å². The molecular weight excluding hydrogens is 246 g/mol. The van der Waals surface area contributed by atoms with Gasteiger partial charge < -0.3 is 14.9 Å². The maximum atomic E-state index is 13.0. The summed E-state index contributed by atoms with van der Waals surface area (Å²) in [7, 11) is -1.89. The molecule has 98 valence electrons. The average Bonchev–Trinajstić information content (AvgIpc) is 2.80. The van der Waals surface area contributed by atoms with Crippen molar-refractivity contribution in [2.45, 2.75) is 19.0 Å². The predicted molar refractivity (Wildman–Crippen MR) is 62.7 cm³/mol. The van der Waals surface area contributed by atoms with Crippen LogP contribution < -0.4 is 10.4 Å². The van der Waals surface area contributed by atoms with Gasteiger partial charge in [-0.2, -0.15) is 13.2 Å². The molecule has 0 atom stereocenters. The molecule has 0 saturated carbocycles. The van der Waals surface area contributed by atoms with Crippen molar-refractivity contribution >= 4 is 18.3 Å². The van der Waals surface area contributed by atoms with Crippen LogP contribution in [0.25, 0.3) is 0 Å². The van der Waals surface area contributed by atoms with Crippen molar-refractivity contribution in [3.8, 4) is 0 Å². The maximum absolute atomic E-state index is 13.0. The van der Waals surface area contributed by atoms with E-state index in [1.54, 1.807) is 4.90 Å². The molecule has 1 fully saturated rings. The molecule has 18 heavy (non-hydrogen) atoms. The first-order valence-corrected chi connectivity index (χ1v) is 5.72. The molecule has 0 amide bonds. The molecule has 1 aromatic rings. The summed E-state index contributed by atoms with van der Waals surface area (Å²) in [5, 5.41) is 17.9. The molecule has 0 bridgehead atoms. The van der Waals surface area contributed by atoms with Crippen molar-refractivity contribution in [2.24, 2.45) is 0 Å². The third-order valence-electron chi connectivity index (χ3n) is 3.07. The minimum atomic E-state index is -4.50. The van der Waals surface area contributed by atoms with Crippen molar-refractivity contribution in [2.75, 3.05) is 18.0 Å². The number of rotatable bonds is 2. The lowest BCUT2D eigenvalue weighted by molar-refractivity contribution is -0.137. The number of nitrogens with zero attached hydrogens (tertiary/aromatic N) is 1. The van der Waals surface area contributed by atoms with E-state index in [9.17, 15) is 13.2 Å². The van der Waals surface area contributed by atoms with Crippen molar-refractivity contribution in [1.29, 1.82) is 0 Å². The highest BCUT2D eigenvalue weighted by Gasteiger charge is 2.36. The van der Waals surface area contributed by atoms with E-state index in [2.05, 4.69) is 0 Å². The lowest BCUT2D eigenvalue weighted by atomic mass is 9.79. The van der Waals surface area contributed by atoms with Crippen LogP contribution in [0.15, 0.2) is 18.2 Å². The minimum absolute atomic E-state index is 0.115. The third kappa shape index (κ3) is 2.62. The number of hydrogen-bond acceptors (Lipinski definition) is 3. The van der Waals surface area contributed by atoms with Gasteiger partial charge in [0.2, 0.25) is 0 Å². The molecule has 1 heterocycles. The van der Waals surface area contributed by atoms with Gasteiger partial charge in [0.1, 0.15) is 0 Å². The summed E-state index contributed by atoms with van der Waals surface area (Å²) in [6.45, 7) is 1.20. The summed E-state index contributed by atoms with van der Waals surface area (Å²) in [6, 6.07) is 3.43. The lowest BCUT2D eigenvalue weighted by Gasteiger charge is -2.23. The van der Waals surface area contributed by atoms with E-state index in [0.717, 1.165) is 18.9 Å². The summed E-state index contributed by atoms with van der Waals surface area (Å²) in [6.07, 6.45) is -2.74. The quantitative estimate of drug-likeness (QED) is 0.778. The van der Waals surface area contributed by atoms with E-state index < -0.39 is 18.9 Å². The second-order valence-corrected chi connectivity index (χ2v) is 4.34. The lowest BCUT2D eigenvalue weighted by Crippen LogP contribution is -2.32. The molecule has 1 aromatic carbocycles. The van der Waals surface area contributed by atoms with Crippen LogP contribution >= 0.6 is 0 Å². The second-order valence-electron chi connectivity index (χ2n) is 4.34. The van der Waals surface area contributed by atoms with Crippen LogP contribution in [-0.2, 0) is 6.18 Å². The Bertz CT molecular complexity index is 431. The SMILES string of the molecule is OB(O)c1ccc(N2CCCC2)c(C(F)(F)F)c1. The summed E-state index contributed by atoms with van der Waals surface area (Å²) in [5.41, 5.74) is -0.843. The van der Waals surface area contributed by atoms with Crippen LogP contribution in [0.5, 0.6) is 0 Å². The van der Waals surface area contributed by atoms with Crippen LogP contribution in [0.4, 0.5) is 18.9 Å². The highest BCUT2D eigenvalue weighted by atomic mass is 19.4. The second kappa shape index (κ2) is 4.82. The normalized spacial score (nSPS) is 16.2. The van der Waals surface area contributed by atoms with Crippen LogP contribution in [-0.4, -0.2) is 30.3 Å². The molecule has 0 radical (unpaired) electrons. The topological polar surface area (TPSA) is 43.7 Å². The fourth-order valence-electron chi connectivity index (χ4n) is 2.18. The molecule has 0 aliphatic carbocycles. The highest BCUT2D eigenvalue weighted by molar-refractivity contribution is 6.58. The Morgan fingerprint density at radius 1 is 1.11 bits per heavy atom. The zero-order chi connectivity index (χ0) is 13.3. The van der Waals surface area contributed by atoms with Crippen molar-refractivity contribution in [3.63, 3.8) is 0 Å². The van der Waals surface area contributed by atoms with Gasteiger partial charge in [-0.25, -0.2) is 0 Å². The van der Waals surface area contributed by atoms with Gasteiger partial charge in [0.05, 0.1) is 5.56 Å². The first kappa shape index (κ1) is 13.2. The number of benzene rings is 1. The molecule has 7 heteroatoms. The number of anilines is 1. The van der Waals surface area contributed by atoms with E-state index >= 15 is 0 Å². The molecule has 1 aliphatic heterocycles. The third-order valence-corrected chi connectivity index (χ3v) is 3.07. The number of halogens is 3. The summed E-state index contributed by atoms with van der Waals surface area (Å²) >= 11 is 0. The number of hydrogen-bond donors (Lipinski definition) is 2. The van der Waals surface area contributed by atoms with Gasteiger partial charge in [0.15, 0.2) is 0 Å². The molecule has 3 nitrogen and oxygen atoms in total. The van der Waals surface area contributed by atoms with E-state index in [1.165, 1.54) is 12.1 Å². The smallest absolute Gasteiger partial charge is 0.423 e. The monoisotopic (exact) mass is 259 g/mol. The molecule has 2 rings (SSSR count). The fourth-order valence-corrected chi connectivity index (χ4v) is 2.18. The van der Waals surface area contributed by atoms with E-state index in [1.807, 2.05) is 0 Å². The number of alkyl halides is 3. The largest absolute Gasteiger partial charge is 0.488 e. The molecule has 0 spiro atoms. The average molecular weight is 259 g/mol. The Balaban J connectivity index is 2.45. The maximum Gasteiger partial charge on any atom is 0.488 e. The summed E-state index contributed by atoms with van der Waals surface area (Å²) in [4.78, 5) is 1.68. The minimum Gasteiger partial charge on any atom is -0.423 e. The summed E-state index contributed by atoms with van der Waals surface area (Å²) in [5.74, 6) is 0. The Morgan fingerprint density at radius 3 is 2.22 bits per heavy atom. The molecule has 1 saturated heterocycles. The van der Waals surface area contributed by atoms with Gasteiger partial charge in [-0.15, -0.1) is 0 Å². The Morgan fingerprint density at radius 2 is 1.72 bits per heavy atom. The van der Waals surface area contributed by atoms with Crippen LogP contribution in [0, 0.1) is 0 Å². The van der Waals surface area contributed by atoms with Crippen LogP contribution in [0.2, 0.25) is 0 Å². The van der Waals surface area contributed by atoms with Crippen molar-refractivity contribution in [1.82, 2.24) is 0 Å². The molecule has 2 N–H and O–H groups in total. The molecule has 0 unspecified atom stereocenters. The van der Waals surface area contributed by atoms with Gasteiger partial charge in [-0.05, 0) is 30.4 Å².